The van der Waals surface area contributed by atoms with Crippen molar-refractivity contribution < 1.29 is 13.7 Å². The summed E-state index contributed by atoms with van der Waals surface area (Å²) in [6, 6.07) is 11.5. The quantitative estimate of drug-likeness (QED) is 0.575. The predicted octanol–water partition coefficient (Wildman–Crippen LogP) is 3.45. The van der Waals surface area contributed by atoms with Crippen LogP contribution >= 0.6 is 0 Å². The molecule has 1 N–H and O–H groups in total. The van der Waals surface area contributed by atoms with Gasteiger partial charge in [0, 0.05) is 11.3 Å². The number of aromatic nitrogens is 3. The molecular formula is C21H17FN4O3. The van der Waals surface area contributed by atoms with E-state index < -0.39 is 11.4 Å². The third-order valence-electron chi connectivity index (χ3n) is 4.78. The van der Waals surface area contributed by atoms with Crippen LogP contribution in [0.25, 0.3) is 22.4 Å². The number of nitrogens with zero attached hydrogens (tertiary/aromatic N) is 3. The number of fused-ring (bicyclic) bond motifs is 1. The molecule has 29 heavy (non-hydrogen) atoms. The van der Waals surface area contributed by atoms with Gasteiger partial charge in [-0.2, -0.15) is 0 Å². The van der Waals surface area contributed by atoms with E-state index >= 15 is 0 Å². The smallest absolute Gasteiger partial charge is 0.267 e. The lowest BCUT2D eigenvalue weighted by atomic mass is 10.1. The van der Waals surface area contributed by atoms with Gasteiger partial charge in [0.25, 0.3) is 11.3 Å². The van der Waals surface area contributed by atoms with Gasteiger partial charge in [0.05, 0.1) is 0 Å². The van der Waals surface area contributed by atoms with Gasteiger partial charge in [0.2, 0.25) is 5.91 Å². The molecule has 0 aliphatic carbocycles. The molecule has 0 radical (unpaired) electrons. The van der Waals surface area contributed by atoms with E-state index in [-0.39, 0.29) is 34.8 Å². The highest BCUT2D eigenvalue weighted by Gasteiger charge is 2.20. The van der Waals surface area contributed by atoms with E-state index in [1.54, 1.807) is 12.1 Å². The monoisotopic (exact) mass is 392 g/mol. The minimum atomic E-state index is -0.537. The summed E-state index contributed by atoms with van der Waals surface area (Å²) in [4.78, 5) is 29.4. The van der Waals surface area contributed by atoms with Crippen molar-refractivity contribution >= 4 is 22.7 Å². The van der Waals surface area contributed by atoms with E-state index in [1.807, 2.05) is 26.0 Å². The molecule has 8 heteroatoms. The first-order valence-corrected chi connectivity index (χ1v) is 8.91. The number of nitrogens with one attached hydrogen (secondary N) is 1. The van der Waals surface area contributed by atoms with Crippen LogP contribution in [-0.4, -0.2) is 20.6 Å². The summed E-state index contributed by atoms with van der Waals surface area (Å²) in [5.41, 5.74) is 2.30. The van der Waals surface area contributed by atoms with Crippen LogP contribution in [0, 0.1) is 19.7 Å². The van der Waals surface area contributed by atoms with Gasteiger partial charge in [0.15, 0.2) is 0 Å². The molecule has 0 saturated heterocycles. The Morgan fingerprint density at radius 2 is 1.97 bits per heavy atom. The van der Waals surface area contributed by atoms with Crippen LogP contribution in [0.4, 0.5) is 10.1 Å². The maximum Gasteiger partial charge on any atom is 0.267 e. The van der Waals surface area contributed by atoms with E-state index in [1.165, 1.54) is 24.5 Å². The van der Waals surface area contributed by atoms with E-state index in [9.17, 15) is 14.0 Å². The highest BCUT2D eigenvalue weighted by molar-refractivity contribution is 5.92. The van der Waals surface area contributed by atoms with Gasteiger partial charge < -0.3 is 9.84 Å². The van der Waals surface area contributed by atoms with E-state index in [4.69, 9.17) is 4.52 Å². The summed E-state index contributed by atoms with van der Waals surface area (Å²) in [5, 5.41) is 6.63. The van der Waals surface area contributed by atoms with Gasteiger partial charge in [-0.15, -0.1) is 0 Å². The SMILES string of the molecule is Cc1cccc(NC(=O)Cn2cnc3onc(-c4ccccc4F)c3c2=O)c1C. The molecule has 0 saturated carbocycles. The van der Waals surface area contributed by atoms with Crippen molar-refractivity contribution in [1.29, 1.82) is 0 Å². The number of carbonyl (C=O) groups excluding carboxylic acids is 1. The van der Waals surface area contributed by atoms with Crippen molar-refractivity contribution in [1.82, 2.24) is 14.7 Å². The van der Waals surface area contributed by atoms with Crippen LogP contribution in [0.3, 0.4) is 0 Å². The van der Waals surface area contributed by atoms with Crippen LogP contribution in [0.5, 0.6) is 0 Å². The van der Waals surface area contributed by atoms with E-state index in [0.29, 0.717) is 5.69 Å². The van der Waals surface area contributed by atoms with Crippen molar-refractivity contribution in [3.05, 3.63) is 76.1 Å². The highest BCUT2D eigenvalue weighted by Crippen LogP contribution is 2.26. The number of benzene rings is 2. The summed E-state index contributed by atoms with van der Waals surface area (Å²) < 4.78 is 20.4. The Balaban J connectivity index is 1.68. The fraction of sp³-hybridized carbons (Fsp3) is 0.143. The average molecular weight is 392 g/mol. The maximum absolute atomic E-state index is 14.2. The number of anilines is 1. The highest BCUT2D eigenvalue weighted by atomic mass is 19.1. The Hall–Kier alpha value is -3.81. The molecule has 0 bridgehead atoms. The number of hydrogen-bond donors (Lipinski definition) is 1. The molecule has 2 heterocycles. The molecule has 146 valence electrons. The third kappa shape index (κ3) is 3.40. The molecule has 0 spiro atoms. The summed E-state index contributed by atoms with van der Waals surface area (Å²) in [6.45, 7) is 3.60. The van der Waals surface area contributed by atoms with E-state index in [0.717, 1.165) is 15.7 Å². The van der Waals surface area contributed by atoms with Crippen LogP contribution in [0.15, 0.2) is 58.1 Å². The lowest BCUT2D eigenvalue weighted by molar-refractivity contribution is -0.116. The van der Waals surface area contributed by atoms with Crippen molar-refractivity contribution in [2.75, 3.05) is 5.32 Å². The first kappa shape index (κ1) is 18.5. The molecule has 0 aliphatic heterocycles. The van der Waals surface area contributed by atoms with E-state index in [2.05, 4.69) is 15.5 Å². The molecular weight excluding hydrogens is 375 g/mol. The first-order valence-electron chi connectivity index (χ1n) is 8.91. The molecule has 2 aromatic carbocycles. The average Bonchev–Trinajstić information content (AvgIpc) is 3.13. The van der Waals surface area contributed by atoms with Crippen LogP contribution < -0.4 is 10.9 Å². The summed E-state index contributed by atoms with van der Waals surface area (Å²) in [5.74, 6) is -0.920. The zero-order valence-electron chi connectivity index (χ0n) is 15.8. The molecule has 0 unspecified atom stereocenters. The van der Waals surface area contributed by atoms with Crippen molar-refractivity contribution in [2.45, 2.75) is 20.4 Å². The fourth-order valence-corrected chi connectivity index (χ4v) is 3.06. The number of carbonyl (C=O) groups is 1. The Labute approximate surface area is 164 Å². The van der Waals surface area contributed by atoms with Crippen LogP contribution in [0.2, 0.25) is 0 Å². The summed E-state index contributed by atoms with van der Waals surface area (Å²) in [6.07, 6.45) is 1.21. The van der Waals surface area contributed by atoms with Crippen LogP contribution in [0.1, 0.15) is 11.1 Å². The first-order chi connectivity index (χ1) is 14.0. The van der Waals surface area contributed by atoms with Crippen molar-refractivity contribution in [3.8, 4) is 11.3 Å². The van der Waals surface area contributed by atoms with Gasteiger partial charge in [-0.1, -0.05) is 29.4 Å². The number of rotatable bonds is 4. The predicted molar refractivity (Wildman–Crippen MR) is 106 cm³/mol. The molecule has 4 aromatic rings. The normalized spacial score (nSPS) is 11.0. The van der Waals surface area contributed by atoms with Gasteiger partial charge in [-0.3, -0.25) is 14.2 Å². The van der Waals surface area contributed by atoms with Gasteiger partial charge in [-0.05, 0) is 43.2 Å². The third-order valence-corrected chi connectivity index (χ3v) is 4.78. The Morgan fingerprint density at radius 3 is 2.76 bits per heavy atom. The second-order valence-corrected chi connectivity index (χ2v) is 6.66. The number of hydrogen-bond acceptors (Lipinski definition) is 5. The second-order valence-electron chi connectivity index (χ2n) is 6.66. The minimum absolute atomic E-state index is 0.0144. The van der Waals surface area contributed by atoms with Crippen molar-refractivity contribution in [2.24, 2.45) is 0 Å². The number of amides is 1. The number of halogens is 1. The largest absolute Gasteiger partial charge is 0.335 e. The lowest BCUT2D eigenvalue weighted by Crippen LogP contribution is -2.28. The second kappa shape index (κ2) is 7.31. The van der Waals surface area contributed by atoms with Gasteiger partial charge >= 0.3 is 0 Å². The lowest BCUT2D eigenvalue weighted by Gasteiger charge is -2.11. The Kier molecular flexibility index (Phi) is 4.67. The summed E-state index contributed by atoms with van der Waals surface area (Å²) in [7, 11) is 0. The number of aryl methyl sites for hydroxylation is 1. The Morgan fingerprint density at radius 1 is 1.17 bits per heavy atom. The molecule has 7 nitrogen and oxygen atoms in total. The molecule has 4 rings (SSSR count). The fourth-order valence-electron chi connectivity index (χ4n) is 3.06. The zero-order valence-corrected chi connectivity index (χ0v) is 15.8. The summed E-state index contributed by atoms with van der Waals surface area (Å²) >= 11 is 0. The molecule has 0 aliphatic rings. The van der Waals surface area contributed by atoms with Gasteiger partial charge in [-0.25, -0.2) is 9.37 Å². The van der Waals surface area contributed by atoms with Crippen LogP contribution in [-0.2, 0) is 11.3 Å². The topological polar surface area (TPSA) is 90.0 Å². The molecule has 1 amide bonds. The standard InChI is InChI=1S/C21H17FN4O3/c1-12-6-5-9-16(13(12)2)24-17(27)10-26-11-23-20-18(21(26)28)19(25-29-20)14-7-3-4-8-15(14)22/h3-9,11H,10H2,1-2H3,(H,24,27). The molecule has 0 atom stereocenters. The molecule has 2 aromatic heterocycles. The maximum atomic E-state index is 14.2. The molecule has 0 fully saturated rings. The van der Waals surface area contributed by atoms with Crippen molar-refractivity contribution in [3.63, 3.8) is 0 Å². The van der Waals surface area contributed by atoms with Gasteiger partial charge in [0.1, 0.15) is 29.8 Å². The zero-order chi connectivity index (χ0) is 20.5. The minimum Gasteiger partial charge on any atom is -0.335 e. The Bertz CT molecular complexity index is 1290.